The number of hydrogen-bond acceptors (Lipinski definition) is 7. The van der Waals surface area contributed by atoms with Crippen molar-refractivity contribution in [3.05, 3.63) is 30.5 Å². The van der Waals surface area contributed by atoms with Gasteiger partial charge in [-0.15, -0.1) is 5.10 Å². The van der Waals surface area contributed by atoms with Gasteiger partial charge in [0, 0.05) is 26.2 Å². The summed E-state index contributed by atoms with van der Waals surface area (Å²) in [6, 6.07) is 8.27. The Kier molecular flexibility index (Phi) is 5.44. The fraction of sp³-hybridized carbons (Fsp3) is 0.526. The van der Waals surface area contributed by atoms with E-state index in [0.717, 1.165) is 56.6 Å². The maximum atomic E-state index is 5.47. The summed E-state index contributed by atoms with van der Waals surface area (Å²) in [5.41, 5.74) is 2.16. The third-order valence-corrected chi connectivity index (χ3v) is 4.98. The first-order valence-electron chi connectivity index (χ1n) is 9.53. The lowest BCUT2D eigenvalue weighted by molar-refractivity contribution is 0.123. The fourth-order valence-corrected chi connectivity index (χ4v) is 3.58. The van der Waals surface area contributed by atoms with Gasteiger partial charge in [-0.1, -0.05) is 25.0 Å². The highest BCUT2D eigenvalue weighted by molar-refractivity contribution is 5.73. The van der Waals surface area contributed by atoms with Gasteiger partial charge in [-0.3, -0.25) is 0 Å². The molecule has 1 aromatic carbocycles. The van der Waals surface area contributed by atoms with E-state index in [2.05, 4.69) is 43.5 Å². The smallest absolute Gasteiger partial charge is 0.249 e. The van der Waals surface area contributed by atoms with Crippen LogP contribution < -0.4 is 15.1 Å². The van der Waals surface area contributed by atoms with Crippen molar-refractivity contribution >= 4 is 23.1 Å². The lowest BCUT2D eigenvalue weighted by Gasteiger charge is -2.30. The Labute approximate surface area is 154 Å². The first kappa shape index (κ1) is 17.0. The third-order valence-electron chi connectivity index (χ3n) is 4.98. The molecular weight excluding hydrogens is 328 g/mol. The van der Waals surface area contributed by atoms with E-state index in [1.165, 1.54) is 25.7 Å². The average molecular weight is 354 g/mol. The Morgan fingerprint density at radius 2 is 1.65 bits per heavy atom. The summed E-state index contributed by atoms with van der Waals surface area (Å²) >= 11 is 0. The van der Waals surface area contributed by atoms with E-state index >= 15 is 0 Å². The molecule has 0 saturated carbocycles. The van der Waals surface area contributed by atoms with Crippen molar-refractivity contribution in [3.63, 3.8) is 0 Å². The lowest BCUT2D eigenvalue weighted by atomic mass is 10.2. The molecule has 0 unspecified atom stereocenters. The molecule has 2 aromatic rings. The van der Waals surface area contributed by atoms with Crippen molar-refractivity contribution in [2.45, 2.75) is 25.7 Å². The predicted octanol–water partition coefficient (Wildman–Crippen LogP) is 2.83. The largest absolute Gasteiger partial charge is 0.378 e. The van der Waals surface area contributed by atoms with E-state index in [-0.39, 0.29) is 0 Å². The van der Waals surface area contributed by atoms with Crippen LogP contribution in [0.2, 0.25) is 0 Å². The average Bonchev–Trinajstić information content (AvgIpc) is 2.99. The first-order chi connectivity index (χ1) is 12.9. The van der Waals surface area contributed by atoms with Crippen LogP contribution in [0, 0.1) is 0 Å². The summed E-state index contributed by atoms with van der Waals surface area (Å²) in [6.45, 7) is 5.40. The van der Waals surface area contributed by atoms with Gasteiger partial charge in [0.25, 0.3) is 0 Å². The van der Waals surface area contributed by atoms with Crippen LogP contribution in [-0.4, -0.2) is 54.6 Å². The molecular formula is C19H26N6O. The minimum Gasteiger partial charge on any atom is -0.378 e. The number of ether oxygens (including phenoxy) is 1. The molecule has 0 radical (unpaired) electrons. The number of benzene rings is 1. The minimum absolute atomic E-state index is 0.549. The maximum absolute atomic E-state index is 5.47. The molecule has 1 aromatic heterocycles. The zero-order chi connectivity index (χ0) is 17.6. The maximum Gasteiger partial charge on any atom is 0.249 e. The monoisotopic (exact) mass is 354 g/mol. The molecule has 0 atom stereocenters. The van der Waals surface area contributed by atoms with Gasteiger partial charge in [-0.2, -0.15) is 10.1 Å². The summed E-state index contributed by atoms with van der Waals surface area (Å²) in [5, 5.41) is 11.7. The van der Waals surface area contributed by atoms with Crippen LogP contribution in [0.5, 0.6) is 0 Å². The first-order valence-corrected chi connectivity index (χ1v) is 9.53. The molecule has 138 valence electrons. The Morgan fingerprint density at radius 3 is 2.46 bits per heavy atom. The Morgan fingerprint density at radius 1 is 0.885 bits per heavy atom. The number of morpholine rings is 1. The molecule has 26 heavy (non-hydrogen) atoms. The molecule has 1 N–H and O–H groups in total. The van der Waals surface area contributed by atoms with Gasteiger partial charge in [0.1, 0.15) is 0 Å². The van der Waals surface area contributed by atoms with Gasteiger partial charge in [0.15, 0.2) is 5.82 Å². The fourth-order valence-electron chi connectivity index (χ4n) is 3.58. The Balaban J connectivity index is 1.53. The summed E-state index contributed by atoms with van der Waals surface area (Å²) in [6.07, 6.45) is 6.80. The van der Waals surface area contributed by atoms with E-state index in [4.69, 9.17) is 9.72 Å². The highest BCUT2D eigenvalue weighted by Crippen LogP contribution is 2.28. The number of aromatic nitrogens is 3. The molecule has 0 aliphatic carbocycles. The highest BCUT2D eigenvalue weighted by atomic mass is 16.5. The molecule has 7 heteroatoms. The van der Waals surface area contributed by atoms with Crippen molar-refractivity contribution in [1.82, 2.24) is 15.2 Å². The number of rotatable bonds is 4. The molecule has 2 saturated heterocycles. The highest BCUT2D eigenvalue weighted by Gasteiger charge is 2.16. The lowest BCUT2D eigenvalue weighted by Crippen LogP contribution is -2.36. The molecule has 2 fully saturated rings. The Bertz CT molecular complexity index is 711. The van der Waals surface area contributed by atoms with Crippen molar-refractivity contribution in [2.75, 3.05) is 54.5 Å². The topological polar surface area (TPSA) is 66.4 Å². The molecule has 4 rings (SSSR count). The van der Waals surface area contributed by atoms with Crippen LogP contribution >= 0.6 is 0 Å². The van der Waals surface area contributed by atoms with E-state index in [1.807, 2.05) is 6.07 Å². The summed E-state index contributed by atoms with van der Waals surface area (Å²) in [5.74, 6) is 1.46. The van der Waals surface area contributed by atoms with Gasteiger partial charge in [0.05, 0.1) is 30.8 Å². The minimum atomic E-state index is 0.549. The van der Waals surface area contributed by atoms with Crippen LogP contribution in [0.1, 0.15) is 25.7 Å². The third kappa shape index (κ3) is 4.04. The summed E-state index contributed by atoms with van der Waals surface area (Å²) < 4.78 is 5.47. The normalized spacial score (nSPS) is 18.5. The second kappa shape index (κ2) is 8.31. The van der Waals surface area contributed by atoms with E-state index in [9.17, 15) is 0 Å². The zero-order valence-corrected chi connectivity index (χ0v) is 15.1. The van der Waals surface area contributed by atoms with E-state index in [0.29, 0.717) is 5.95 Å². The van der Waals surface area contributed by atoms with Gasteiger partial charge in [-0.05, 0) is 25.0 Å². The standard InChI is InChI=1S/C19H26N6O/c1-2-6-10-25(9-5-1)18-15-20-23-19(22-18)21-16-7-3-4-8-17(16)24-11-13-26-14-12-24/h3-4,7-8,15H,1-2,5-6,9-14H2,(H,21,22,23). The second-order valence-electron chi connectivity index (χ2n) is 6.78. The molecule has 2 aliphatic heterocycles. The predicted molar refractivity (Wildman–Crippen MR) is 103 cm³/mol. The number of nitrogens with zero attached hydrogens (tertiary/aromatic N) is 5. The number of anilines is 4. The van der Waals surface area contributed by atoms with Crippen LogP contribution in [0.3, 0.4) is 0 Å². The molecule has 2 aliphatic rings. The molecule has 7 nitrogen and oxygen atoms in total. The SMILES string of the molecule is c1ccc(N2CCOCC2)c(Nc2nncc(N3CCCCCC3)n2)c1. The van der Waals surface area contributed by atoms with Gasteiger partial charge < -0.3 is 19.9 Å². The molecule has 0 spiro atoms. The van der Waals surface area contributed by atoms with Crippen LogP contribution in [0.15, 0.2) is 30.5 Å². The van der Waals surface area contributed by atoms with E-state index < -0.39 is 0 Å². The van der Waals surface area contributed by atoms with Crippen molar-refractivity contribution < 1.29 is 4.74 Å². The van der Waals surface area contributed by atoms with Gasteiger partial charge in [-0.25, -0.2) is 0 Å². The van der Waals surface area contributed by atoms with Crippen molar-refractivity contribution in [1.29, 1.82) is 0 Å². The number of para-hydroxylation sites is 2. The summed E-state index contributed by atoms with van der Waals surface area (Å²) in [4.78, 5) is 9.37. The van der Waals surface area contributed by atoms with Crippen molar-refractivity contribution in [3.8, 4) is 0 Å². The quantitative estimate of drug-likeness (QED) is 0.905. The van der Waals surface area contributed by atoms with Crippen molar-refractivity contribution in [2.24, 2.45) is 0 Å². The van der Waals surface area contributed by atoms with Gasteiger partial charge >= 0.3 is 0 Å². The van der Waals surface area contributed by atoms with Crippen LogP contribution in [0.25, 0.3) is 0 Å². The Hall–Kier alpha value is -2.41. The second-order valence-corrected chi connectivity index (χ2v) is 6.78. The number of nitrogens with one attached hydrogen (secondary N) is 1. The molecule has 0 bridgehead atoms. The molecule has 0 amide bonds. The van der Waals surface area contributed by atoms with Crippen LogP contribution in [0.4, 0.5) is 23.1 Å². The zero-order valence-electron chi connectivity index (χ0n) is 15.1. The molecule has 3 heterocycles. The number of hydrogen-bond donors (Lipinski definition) is 1. The van der Waals surface area contributed by atoms with Gasteiger partial charge in [0.2, 0.25) is 5.95 Å². The van der Waals surface area contributed by atoms with E-state index in [1.54, 1.807) is 6.20 Å². The summed E-state index contributed by atoms with van der Waals surface area (Å²) in [7, 11) is 0. The van der Waals surface area contributed by atoms with Crippen LogP contribution in [-0.2, 0) is 4.74 Å².